The molecule has 168 valence electrons. The van der Waals surface area contributed by atoms with Gasteiger partial charge in [0.05, 0.1) is 22.8 Å². The van der Waals surface area contributed by atoms with E-state index < -0.39 is 0 Å². The molecule has 0 atom stereocenters. The van der Waals surface area contributed by atoms with Crippen molar-refractivity contribution in [1.29, 1.82) is 0 Å². The first-order chi connectivity index (χ1) is 17.3. The molecule has 0 aliphatic heterocycles. The number of hydrogen-bond donors (Lipinski definition) is 0. The Bertz CT molecular complexity index is 1590. The third kappa shape index (κ3) is 5.37. The second kappa shape index (κ2) is 10.4. The van der Waals surface area contributed by atoms with Crippen molar-refractivity contribution in [3.63, 3.8) is 0 Å². The van der Waals surface area contributed by atoms with Crippen LogP contribution in [0.1, 0.15) is 22.5 Å². The summed E-state index contributed by atoms with van der Waals surface area (Å²) >= 11 is 0. The van der Waals surface area contributed by atoms with Gasteiger partial charge in [0.2, 0.25) is 0 Å². The Morgan fingerprint density at radius 3 is 1.91 bits per heavy atom. The van der Waals surface area contributed by atoms with Crippen molar-refractivity contribution in [3.8, 4) is 0 Å². The van der Waals surface area contributed by atoms with Gasteiger partial charge in [-0.1, -0.05) is 97.1 Å². The number of aliphatic imine (C=N–C) groups is 1. The van der Waals surface area contributed by atoms with Crippen LogP contribution in [0.5, 0.6) is 0 Å². The highest BCUT2D eigenvalue weighted by Gasteiger charge is 2.09. The zero-order valence-electron chi connectivity index (χ0n) is 18.9. The summed E-state index contributed by atoms with van der Waals surface area (Å²) in [6.45, 7) is 0. The zero-order chi connectivity index (χ0) is 23.9. The second-order valence-corrected chi connectivity index (χ2v) is 7.86. The molecule has 1 aromatic heterocycles. The van der Waals surface area contributed by atoms with Crippen molar-refractivity contribution in [2.75, 3.05) is 0 Å². The summed E-state index contributed by atoms with van der Waals surface area (Å²) in [5.41, 5.74) is 3.93. The van der Waals surface area contributed by atoms with Gasteiger partial charge in [-0.25, -0.2) is 4.98 Å². The van der Waals surface area contributed by atoms with Crippen LogP contribution in [0.4, 0.5) is 5.69 Å². The summed E-state index contributed by atoms with van der Waals surface area (Å²) in [5.74, 6) is 0.433. The molecule has 0 saturated heterocycles. The molecular weight excluding hydrogens is 432 g/mol. The van der Waals surface area contributed by atoms with Crippen LogP contribution in [0.2, 0.25) is 0 Å². The van der Waals surface area contributed by atoms with E-state index in [4.69, 9.17) is 4.98 Å². The maximum Gasteiger partial charge on any atom is 0.282 e. The highest BCUT2D eigenvalue weighted by atomic mass is 16.1. The first kappa shape index (κ1) is 21.9. The Labute approximate surface area is 203 Å². The molecule has 5 nitrogen and oxygen atoms in total. The number of fused-ring (bicyclic) bond motifs is 1. The quantitative estimate of drug-likeness (QED) is 0.287. The minimum absolute atomic E-state index is 0.242. The highest BCUT2D eigenvalue weighted by Crippen LogP contribution is 2.19. The van der Waals surface area contributed by atoms with Crippen molar-refractivity contribution in [3.05, 3.63) is 142 Å². The standard InChI is InChI=1S/C30H22N4O/c35-30-27-18-17-26(31-21-24-12-6-2-7-13-24)20-28(27)33-29(19-16-23-10-4-1-5-11-23)34(30)32-22-25-14-8-3-9-15-25/h1-22H. The largest absolute Gasteiger partial charge is 0.282 e. The van der Waals surface area contributed by atoms with Gasteiger partial charge in [0, 0.05) is 6.21 Å². The van der Waals surface area contributed by atoms with E-state index in [0.29, 0.717) is 16.7 Å². The minimum Gasteiger partial charge on any atom is -0.267 e. The lowest BCUT2D eigenvalue weighted by Gasteiger charge is -2.07. The van der Waals surface area contributed by atoms with Crippen LogP contribution >= 0.6 is 0 Å². The summed E-state index contributed by atoms with van der Waals surface area (Å²) in [6, 6.07) is 34.8. The molecule has 0 fully saturated rings. The number of rotatable bonds is 6. The molecule has 0 unspecified atom stereocenters. The summed E-state index contributed by atoms with van der Waals surface area (Å²) < 4.78 is 1.34. The van der Waals surface area contributed by atoms with Crippen LogP contribution < -0.4 is 5.56 Å². The summed E-state index contributed by atoms with van der Waals surface area (Å²) in [7, 11) is 0. The van der Waals surface area contributed by atoms with Crippen LogP contribution in [0.25, 0.3) is 23.1 Å². The molecular formula is C30H22N4O. The number of hydrogen-bond acceptors (Lipinski definition) is 4. The van der Waals surface area contributed by atoms with E-state index in [9.17, 15) is 4.79 Å². The molecule has 0 aliphatic carbocycles. The van der Waals surface area contributed by atoms with Gasteiger partial charge in [0.25, 0.3) is 5.56 Å². The third-order valence-corrected chi connectivity index (χ3v) is 5.36. The summed E-state index contributed by atoms with van der Waals surface area (Å²) in [4.78, 5) is 22.7. The van der Waals surface area contributed by atoms with E-state index in [1.807, 2.05) is 109 Å². The van der Waals surface area contributed by atoms with Crippen molar-refractivity contribution in [2.24, 2.45) is 10.1 Å². The lowest BCUT2D eigenvalue weighted by Crippen LogP contribution is -2.20. The minimum atomic E-state index is -0.242. The van der Waals surface area contributed by atoms with E-state index >= 15 is 0 Å². The van der Waals surface area contributed by atoms with Gasteiger partial charge in [0.1, 0.15) is 0 Å². The van der Waals surface area contributed by atoms with Crippen LogP contribution in [-0.2, 0) is 0 Å². The summed E-state index contributed by atoms with van der Waals surface area (Å²) in [5, 5.41) is 4.95. The fourth-order valence-corrected chi connectivity index (χ4v) is 3.57. The summed E-state index contributed by atoms with van der Waals surface area (Å²) in [6.07, 6.45) is 7.17. The lowest BCUT2D eigenvalue weighted by atomic mass is 10.2. The predicted molar refractivity (Wildman–Crippen MR) is 145 cm³/mol. The van der Waals surface area contributed by atoms with Gasteiger partial charge in [-0.05, 0) is 41.0 Å². The van der Waals surface area contributed by atoms with E-state index in [1.165, 1.54) is 4.68 Å². The second-order valence-electron chi connectivity index (χ2n) is 7.86. The SMILES string of the molecule is O=c1c2ccc(N=Cc3ccccc3)cc2nc(C=Cc2ccccc2)n1N=Cc1ccccc1. The smallest absolute Gasteiger partial charge is 0.267 e. The fraction of sp³-hybridized carbons (Fsp3) is 0. The first-order valence-corrected chi connectivity index (χ1v) is 11.2. The Morgan fingerprint density at radius 1 is 0.657 bits per heavy atom. The molecule has 0 amide bonds. The van der Waals surface area contributed by atoms with Crippen LogP contribution in [0, 0.1) is 0 Å². The molecule has 5 heteroatoms. The number of aromatic nitrogens is 2. The Morgan fingerprint density at radius 2 is 1.26 bits per heavy atom. The monoisotopic (exact) mass is 454 g/mol. The van der Waals surface area contributed by atoms with Gasteiger partial charge >= 0.3 is 0 Å². The topological polar surface area (TPSA) is 59.6 Å². The average molecular weight is 455 g/mol. The van der Waals surface area contributed by atoms with Crippen molar-refractivity contribution < 1.29 is 0 Å². The molecule has 0 spiro atoms. The van der Waals surface area contributed by atoms with Crippen molar-refractivity contribution in [1.82, 2.24) is 9.66 Å². The van der Waals surface area contributed by atoms with Gasteiger partial charge in [-0.2, -0.15) is 9.78 Å². The Balaban J connectivity index is 1.59. The van der Waals surface area contributed by atoms with Crippen LogP contribution in [0.15, 0.2) is 124 Å². The number of nitrogens with zero attached hydrogens (tertiary/aromatic N) is 4. The lowest BCUT2D eigenvalue weighted by molar-refractivity contribution is 0.804. The predicted octanol–water partition coefficient (Wildman–Crippen LogP) is 6.20. The molecule has 0 bridgehead atoms. The molecule has 35 heavy (non-hydrogen) atoms. The van der Waals surface area contributed by atoms with E-state index in [-0.39, 0.29) is 5.56 Å². The van der Waals surface area contributed by atoms with Gasteiger partial charge in [-0.3, -0.25) is 9.79 Å². The molecule has 4 aromatic carbocycles. The van der Waals surface area contributed by atoms with Gasteiger partial charge in [-0.15, -0.1) is 0 Å². The van der Waals surface area contributed by atoms with Crippen LogP contribution in [-0.4, -0.2) is 22.1 Å². The molecule has 0 saturated carbocycles. The Kier molecular flexibility index (Phi) is 6.49. The molecule has 1 heterocycles. The first-order valence-electron chi connectivity index (χ1n) is 11.2. The zero-order valence-corrected chi connectivity index (χ0v) is 18.9. The highest BCUT2D eigenvalue weighted by molar-refractivity contribution is 5.86. The normalized spacial score (nSPS) is 11.8. The maximum atomic E-state index is 13.4. The van der Waals surface area contributed by atoms with E-state index in [2.05, 4.69) is 10.1 Å². The van der Waals surface area contributed by atoms with Crippen molar-refractivity contribution in [2.45, 2.75) is 0 Å². The third-order valence-electron chi connectivity index (χ3n) is 5.36. The van der Waals surface area contributed by atoms with Gasteiger partial charge in [0.15, 0.2) is 5.82 Å². The fourth-order valence-electron chi connectivity index (χ4n) is 3.57. The number of benzene rings is 4. The molecule has 5 aromatic rings. The van der Waals surface area contributed by atoms with E-state index in [1.54, 1.807) is 24.6 Å². The molecule has 0 N–H and O–H groups in total. The molecule has 0 radical (unpaired) electrons. The average Bonchev–Trinajstić information content (AvgIpc) is 2.92. The van der Waals surface area contributed by atoms with Crippen LogP contribution in [0.3, 0.4) is 0 Å². The Hall–Kier alpha value is -4.90. The van der Waals surface area contributed by atoms with E-state index in [0.717, 1.165) is 22.4 Å². The van der Waals surface area contributed by atoms with Gasteiger partial charge < -0.3 is 0 Å². The molecule has 0 aliphatic rings. The maximum absolute atomic E-state index is 13.4. The van der Waals surface area contributed by atoms with Crippen molar-refractivity contribution >= 4 is 41.2 Å². The molecule has 5 rings (SSSR count).